The molecule has 0 aliphatic heterocycles. The van der Waals surface area contributed by atoms with Crippen LogP contribution in [0, 0.1) is 5.92 Å². The Morgan fingerprint density at radius 2 is 1.95 bits per heavy atom. The summed E-state index contributed by atoms with van der Waals surface area (Å²) in [6.07, 6.45) is 6.77. The van der Waals surface area contributed by atoms with Crippen LogP contribution in [0.5, 0.6) is 0 Å². The summed E-state index contributed by atoms with van der Waals surface area (Å²) in [5.41, 5.74) is 1.62. The highest BCUT2D eigenvalue weighted by Crippen LogP contribution is 2.18. The molecule has 0 saturated heterocycles. The number of hydrogen-bond donors (Lipinski definition) is 2. The van der Waals surface area contributed by atoms with Gasteiger partial charge < -0.3 is 10.4 Å². The minimum absolute atomic E-state index is 0.0157. The van der Waals surface area contributed by atoms with Gasteiger partial charge in [-0.1, -0.05) is 36.4 Å². The van der Waals surface area contributed by atoms with Crippen molar-refractivity contribution in [3.05, 3.63) is 47.5 Å². The summed E-state index contributed by atoms with van der Waals surface area (Å²) in [5.74, 6) is -0.757. The van der Waals surface area contributed by atoms with Crippen LogP contribution < -0.4 is 5.32 Å². The number of allylic oxidation sites excluding steroid dienone is 2. The topological polar surface area (TPSA) is 66.4 Å². The molecule has 106 valence electrons. The third kappa shape index (κ3) is 3.95. The number of carbonyl (C=O) groups excluding carboxylic acids is 1. The summed E-state index contributed by atoms with van der Waals surface area (Å²) in [5, 5.41) is 11.8. The number of aliphatic carboxylic acids is 1. The minimum atomic E-state index is -0.860. The molecule has 1 unspecified atom stereocenters. The molecule has 2 N–H and O–H groups in total. The van der Waals surface area contributed by atoms with Crippen molar-refractivity contribution >= 4 is 11.9 Å². The van der Waals surface area contributed by atoms with Crippen LogP contribution in [-0.4, -0.2) is 17.0 Å². The summed E-state index contributed by atoms with van der Waals surface area (Å²) in [7, 11) is 0. The largest absolute Gasteiger partial charge is 0.481 e. The van der Waals surface area contributed by atoms with Crippen molar-refractivity contribution in [3.63, 3.8) is 0 Å². The lowest BCUT2D eigenvalue weighted by molar-refractivity contribution is -0.136. The van der Waals surface area contributed by atoms with E-state index in [4.69, 9.17) is 5.11 Å². The van der Waals surface area contributed by atoms with Gasteiger partial charge in [-0.05, 0) is 30.4 Å². The van der Waals surface area contributed by atoms with Gasteiger partial charge >= 0.3 is 5.97 Å². The predicted octanol–water partition coefficient (Wildman–Crippen LogP) is 2.29. The zero-order valence-corrected chi connectivity index (χ0v) is 11.3. The summed E-state index contributed by atoms with van der Waals surface area (Å²) in [6.45, 7) is 0.391. The number of hydrogen-bond acceptors (Lipinski definition) is 2. The molecule has 1 aliphatic carbocycles. The van der Waals surface area contributed by atoms with Gasteiger partial charge in [0.15, 0.2) is 0 Å². The molecular weight excluding hydrogens is 254 g/mol. The first-order valence-electron chi connectivity index (χ1n) is 6.88. The summed E-state index contributed by atoms with van der Waals surface area (Å²) < 4.78 is 0. The number of carboxylic acids is 1. The van der Waals surface area contributed by atoms with E-state index in [1.807, 2.05) is 24.3 Å². The van der Waals surface area contributed by atoms with Crippen LogP contribution in [0.2, 0.25) is 0 Å². The molecule has 1 aliphatic rings. The van der Waals surface area contributed by atoms with Crippen molar-refractivity contribution in [1.82, 2.24) is 5.32 Å². The average Bonchev–Trinajstić information content (AvgIpc) is 2.46. The van der Waals surface area contributed by atoms with Gasteiger partial charge in [0.2, 0.25) is 5.91 Å². The molecule has 1 aromatic carbocycles. The third-order valence-corrected chi connectivity index (χ3v) is 3.55. The van der Waals surface area contributed by atoms with E-state index < -0.39 is 5.97 Å². The smallest absolute Gasteiger partial charge is 0.307 e. The van der Waals surface area contributed by atoms with Crippen LogP contribution in [0.3, 0.4) is 0 Å². The second kappa shape index (κ2) is 6.89. The van der Waals surface area contributed by atoms with E-state index in [0.29, 0.717) is 6.54 Å². The Balaban J connectivity index is 1.94. The highest BCUT2D eigenvalue weighted by Gasteiger charge is 2.18. The van der Waals surface area contributed by atoms with Gasteiger partial charge in [-0.3, -0.25) is 9.59 Å². The Labute approximate surface area is 118 Å². The van der Waals surface area contributed by atoms with Gasteiger partial charge in [0, 0.05) is 12.5 Å². The van der Waals surface area contributed by atoms with E-state index in [9.17, 15) is 9.59 Å². The third-order valence-electron chi connectivity index (χ3n) is 3.55. The normalized spacial score (nSPS) is 17.7. The van der Waals surface area contributed by atoms with Crippen LogP contribution in [0.25, 0.3) is 0 Å². The van der Waals surface area contributed by atoms with Crippen molar-refractivity contribution in [3.8, 4) is 0 Å². The molecule has 0 aromatic heterocycles. The minimum Gasteiger partial charge on any atom is -0.481 e. The Morgan fingerprint density at radius 3 is 2.60 bits per heavy atom. The fourth-order valence-corrected chi connectivity index (χ4v) is 2.42. The Bertz CT molecular complexity index is 522. The van der Waals surface area contributed by atoms with Crippen molar-refractivity contribution < 1.29 is 14.7 Å². The van der Waals surface area contributed by atoms with Crippen molar-refractivity contribution in [2.75, 3.05) is 0 Å². The van der Waals surface area contributed by atoms with Gasteiger partial charge in [-0.15, -0.1) is 0 Å². The molecule has 0 saturated carbocycles. The zero-order valence-electron chi connectivity index (χ0n) is 11.3. The van der Waals surface area contributed by atoms with Crippen LogP contribution in [0.15, 0.2) is 36.4 Å². The van der Waals surface area contributed by atoms with Crippen molar-refractivity contribution in [2.24, 2.45) is 5.92 Å². The zero-order chi connectivity index (χ0) is 14.4. The predicted molar refractivity (Wildman–Crippen MR) is 76.1 cm³/mol. The number of nitrogens with one attached hydrogen (secondary N) is 1. The van der Waals surface area contributed by atoms with Crippen LogP contribution in [0.4, 0.5) is 0 Å². The summed E-state index contributed by atoms with van der Waals surface area (Å²) in [6, 6.07) is 7.32. The molecular formula is C16H19NO3. The average molecular weight is 273 g/mol. The molecule has 0 spiro atoms. The molecule has 0 fully saturated rings. The number of rotatable bonds is 5. The van der Waals surface area contributed by atoms with Crippen LogP contribution >= 0.6 is 0 Å². The van der Waals surface area contributed by atoms with E-state index >= 15 is 0 Å². The van der Waals surface area contributed by atoms with Gasteiger partial charge in [-0.25, -0.2) is 0 Å². The summed E-state index contributed by atoms with van der Waals surface area (Å²) >= 11 is 0. The van der Waals surface area contributed by atoms with Crippen LogP contribution in [-0.2, 0) is 22.6 Å². The fourth-order valence-electron chi connectivity index (χ4n) is 2.42. The number of carboxylic acid groups (broad SMARTS) is 1. The van der Waals surface area contributed by atoms with E-state index in [-0.39, 0.29) is 18.2 Å². The monoisotopic (exact) mass is 273 g/mol. The number of amides is 1. The van der Waals surface area contributed by atoms with E-state index in [2.05, 4.69) is 11.4 Å². The first-order chi connectivity index (χ1) is 9.66. The van der Waals surface area contributed by atoms with Gasteiger partial charge in [0.1, 0.15) is 0 Å². The summed E-state index contributed by atoms with van der Waals surface area (Å²) in [4.78, 5) is 22.9. The van der Waals surface area contributed by atoms with Crippen molar-refractivity contribution in [2.45, 2.75) is 32.2 Å². The first-order valence-corrected chi connectivity index (χ1v) is 6.88. The molecule has 0 bridgehead atoms. The molecule has 0 heterocycles. The molecule has 1 amide bonds. The molecule has 2 rings (SSSR count). The van der Waals surface area contributed by atoms with E-state index in [1.54, 1.807) is 6.07 Å². The number of benzene rings is 1. The first kappa shape index (κ1) is 14.3. The molecule has 4 nitrogen and oxygen atoms in total. The van der Waals surface area contributed by atoms with E-state index in [1.165, 1.54) is 0 Å². The van der Waals surface area contributed by atoms with Crippen molar-refractivity contribution in [1.29, 1.82) is 0 Å². The standard InChI is InChI=1S/C16H19NO3/c18-15(19)10-13-8-4-5-9-14(13)11-17-16(20)12-6-2-1-3-7-12/h1-2,4-5,8-9,12H,3,6-7,10-11H2,(H,17,20)(H,18,19). The molecule has 1 atom stereocenters. The van der Waals surface area contributed by atoms with Gasteiger partial charge in [-0.2, -0.15) is 0 Å². The molecule has 20 heavy (non-hydrogen) atoms. The SMILES string of the molecule is O=C(O)Cc1ccccc1CNC(=O)C1CC=CCC1. The quantitative estimate of drug-likeness (QED) is 0.809. The molecule has 4 heteroatoms. The Hall–Kier alpha value is -2.10. The lowest BCUT2D eigenvalue weighted by Crippen LogP contribution is -2.31. The fraction of sp³-hybridized carbons (Fsp3) is 0.375. The number of carbonyl (C=O) groups is 2. The van der Waals surface area contributed by atoms with E-state index in [0.717, 1.165) is 30.4 Å². The maximum atomic E-state index is 12.0. The molecule has 0 radical (unpaired) electrons. The molecule has 1 aromatic rings. The van der Waals surface area contributed by atoms with Gasteiger partial charge in [0.05, 0.1) is 6.42 Å². The maximum Gasteiger partial charge on any atom is 0.307 e. The second-order valence-electron chi connectivity index (χ2n) is 5.04. The Morgan fingerprint density at radius 1 is 1.20 bits per heavy atom. The lowest BCUT2D eigenvalue weighted by Gasteiger charge is -2.17. The highest BCUT2D eigenvalue weighted by atomic mass is 16.4. The van der Waals surface area contributed by atoms with Crippen LogP contribution in [0.1, 0.15) is 30.4 Å². The lowest BCUT2D eigenvalue weighted by atomic mass is 9.93. The highest BCUT2D eigenvalue weighted by molar-refractivity contribution is 5.79. The maximum absolute atomic E-state index is 12.0. The van der Waals surface area contributed by atoms with Gasteiger partial charge in [0.25, 0.3) is 0 Å². The Kier molecular flexibility index (Phi) is 4.93. The second-order valence-corrected chi connectivity index (χ2v) is 5.04.